The first kappa shape index (κ1) is 14.7. The smallest absolute Gasteiger partial charge is 0.329 e. The number of nitrogens with zero attached hydrogens (tertiary/aromatic N) is 2. The van der Waals surface area contributed by atoms with Gasteiger partial charge in [0.1, 0.15) is 10.8 Å². The van der Waals surface area contributed by atoms with E-state index in [1.165, 1.54) is 18.2 Å². The van der Waals surface area contributed by atoms with Gasteiger partial charge in [0.2, 0.25) is 11.5 Å². The molecule has 2 aromatic carbocycles. The van der Waals surface area contributed by atoms with Crippen LogP contribution < -0.4 is 4.74 Å². The van der Waals surface area contributed by atoms with Gasteiger partial charge in [-0.3, -0.25) is 20.2 Å². The van der Waals surface area contributed by atoms with Crippen molar-refractivity contribution in [3.05, 3.63) is 67.5 Å². The van der Waals surface area contributed by atoms with Crippen LogP contribution in [0, 0.1) is 26.0 Å². The topological polar surface area (TPSA) is 95.5 Å². The van der Waals surface area contributed by atoms with Crippen LogP contribution in [0.3, 0.4) is 0 Å². The Morgan fingerprint density at radius 1 is 1.05 bits per heavy atom. The minimum absolute atomic E-state index is 0.198. The first-order valence-corrected chi connectivity index (χ1v) is 5.82. The summed E-state index contributed by atoms with van der Waals surface area (Å²) < 4.78 is 18.3. The second-order valence-corrected chi connectivity index (χ2v) is 4.22. The Balaban J connectivity index is 2.53. The Kier molecular flexibility index (Phi) is 3.99. The summed E-state index contributed by atoms with van der Waals surface area (Å²) in [5.74, 6) is -1.55. The van der Waals surface area contributed by atoms with Crippen molar-refractivity contribution in [2.75, 3.05) is 0 Å². The maximum absolute atomic E-state index is 13.2. The van der Waals surface area contributed by atoms with Gasteiger partial charge in [0.25, 0.3) is 0 Å². The fourth-order valence-corrected chi connectivity index (χ4v) is 1.83. The van der Waals surface area contributed by atoms with Crippen molar-refractivity contribution in [1.82, 2.24) is 0 Å². The van der Waals surface area contributed by atoms with E-state index in [9.17, 15) is 24.6 Å². The van der Waals surface area contributed by atoms with E-state index in [0.717, 1.165) is 18.2 Å². The predicted molar refractivity (Wildman–Crippen MR) is 71.2 cm³/mol. The van der Waals surface area contributed by atoms with Crippen LogP contribution in [0.15, 0.2) is 36.4 Å². The Morgan fingerprint density at radius 2 is 1.76 bits per heavy atom. The SMILES string of the molecule is O=[N+]([O-])c1ccc(F)cc1Oc1cccc(Cl)c1[N+](=O)[O-]. The van der Waals surface area contributed by atoms with Crippen LogP contribution in [0.25, 0.3) is 0 Å². The highest BCUT2D eigenvalue weighted by molar-refractivity contribution is 6.32. The number of halogens is 2. The maximum atomic E-state index is 13.2. The number of hydrogen-bond acceptors (Lipinski definition) is 5. The molecule has 0 saturated heterocycles. The molecular formula is C12H6ClFN2O5. The van der Waals surface area contributed by atoms with E-state index in [-0.39, 0.29) is 10.8 Å². The summed E-state index contributed by atoms with van der Waals surface area (Å²) in [6.07, 6.45) is 0. The van der Waals surface area contributed by atoms with Gasteiger partial charge in [0.15, 0.2) is 0 Å². The number of nitro benzene ring substituents is 2. The van der Waals surface area contributed by atoms with Gasteiger partial charge in [-0.15, -0.1) is 0 Å². The van der Waals surface area contributed by atoms with Crippen LogP contribution in [0.4, 0.5) is 15.8 Å². The molecule has 2 aromatic rings. The number of nitro groups is 2. The molecule has 9 heteroatoms. The Morgan fingerprint density at radius 3 is 2.38 bits per heavy atom. The summed E-state index contributed by atoms with van der Waals surface area (Å²) in [5.41, 5.74) is -1.08. The Bertz CT molecular complexity index is 738. The summed E-state index contributed by atoms with van der Waals surface area (Å²) in [5, 5.41) is 21.6. The van der Waals surface area contributed by atoms with Gasteiger partial charge in [-0.1, -0.05) is 17.7 Å². The molecule has 108 valence electrons. The van der Waals surface area contributed by atoms with Gasteiger partial charge in [0, 0.05) is 12.1 Å². The molecule has 0 radical (unpaired) electrons. The van der Waals surface area contributed by atoms with Crippen LogP contribution in [0.5, 0.6) is 11.5 Å². The van der Waals surface area contributed by atoms with Gasteiger partial charge >= 0.3 is 11.4 Å². The second kappa shape index (κ2) is 5.71. The van der Waals surface area contributed by atoms with Gasteiger partial charge < -0.3 is 4.74 Å². The molecule has 0 aromatic heterocycles. The van der Waals surface area contributed by atoms with Gasteiger partial charge in [-0.25, -0.2) is 4.39 Å². The summed E-state index contributed by atoms with van der Waals surface area (Å²) >= 11 is 5.69. The monoisotopic (exact) mass is 312 g/mol. The van der Waals surface area contributed by atoms with Crippen molar-refractivity contribution < 1.29 is 19.0 Å². The number of para-hydroxylation sites is 1. The molecular weight excluding hydrogens is 307 g/mol. The third kappa shape index (κ3) is 3.06. The second-order valence-electron chi connectivity index (χ2n) is 3.81. The van der Waals surface area contributed by atoms with Gasteiger partial charge in [-0.05, 0) is 18.2 Å². The molecule has 0 spiro atoms. The molecule has 0 N–H and O–H groups in total. The van der Waals surface area contributed by atoms with E-state index in [2.05, 4.69) is 0 Å². The minimum Gasteiger partial charge on any atom is -0.443 e. The minimum atomic E-state index is -0.789. The first-order chi connectivity index (χ1) is 9.90. The molecule has 0 atom stereocenters. The van der Waals surface area contributed by atoms with Crippen molar-refractivity contribution in [3.63, 3.8) is 0 Å². The lowest BCUT2D eigenvalue weighted by Crippen LogP contribution is -1.97. The highest BCUT2D eigenvalue weighted by Crippen LogP contribution is 2.39. The van der Waals surface area contributed by atoms with Crippen molar-refractivity contribution in [2.24, 2.45) is 0 Å². The van der Waals surface area contributed by atoms with Crippen LogP contribution in [-0.4, -0.2) is 9.85 Å². The molecule has 0 amide bonds. The summed E-state index contributed by atoms with van der Waals surface area (Å²) in [6.45, 7) is 0. The molecule has 0 aliphatic carbocycles. The number of hydrogen-bond donors (Lipinski definition) is 0. The number of ether oxygens (including phenoxy) is 1. The van der Waals surface area contributed by atoms with E-state index in [0.29, 0.717) is 0 Å². The van der Waals surface area contributed by atoms with Gasteiger partial charge in [-0.2, -0.15) is 0 Å². The molecule has 0 aliphatic heterocycles. The third-order valence-electron chi connectivity index (χ3n) is 2.47. The number of benzene rings is 2. The normalized spacial score (nSPS) is 10.2. The highest BCUT2D eigenvalue weighted by atomic mass is 35.5. The van der Waals surface area contributed by atoms with E-state index in [1.54, 1.807) is 0 Å². The van der Waals surface area contributed by atoms with E-state index in [1.807, 2.05) is 0 Å². The van der Waals surface area contributed by atoms with Crippen LogP contribution in [0.2, 0.25) is 5.02 Å². The van der Waals surface area contributed by atoms with Crippen LogP contribution >= 0.6 is 11.6 Å². The van der Waals surface area contributed by atoms with E-state index in [4.69, 9.17) is 16.3 Å². The highest BCUT2D eigenvalue weighted by Gasteiger charge is 2.24. The molecule has 0 saturated carbocycles. The average molecular weight is 313 g/mol. The predicted octanol–water partition coefficient (Wildman–Crippen LogP) is 4.09. The third-order valence-corrected chi connectivity index (χ3v) is 2.78. The summed E-state index contributed by atoms with van der Waals surface area (Å²) in [6, 6.07) is 6.40. The molecule has 2 rings (SSSR count). The van der Waals surface area contributed by atoms with Crippen molar-refractivity contribution in [1.29, 1.82) is 0 Å². The summed E-state index contributed by atoms with van der Waals surface area (Å²) in [7, 11) is 0. The maximum Gasteiger partial charge on any atom is 0.329 e. The molecule has 0 aliphatic rings. The lowest BCUT2D eigenvalue weighted by Gasteiger charge is -2.07. The molecule has 21 heavy (non-hydrogen) atoms. The molecule has 0 heterocycles. The molecule has 0 bridgehead atoms. The lowest BCUT2D eigenvalue weighted by atomic mass is 10.2. The zero-order valence-electron chi connectivity index (χ0n) is 10.2. The largest absolute Gasteiger partial charge is 0.443 e. The lowest BCUT2D eigenvalue weighted by molar-refractivity contribution is -0.387. The van der Waals surface area contributed by atoms with Crippen molar-refractivity contribution in [3.8, 4) is 11.5 Å². The quantitative estimate of drug-likeness (QED) is 0.626. The Labute approximate surface area is 121 Å². The molecule has 0 fully saturated rings. The van der Waals surface area contributed by atoms with Crippen LogP contribution in [0.1, 0.15) is 0 Å². The summed E-state index contributed by atoms with van der Waals surface area (Å²) in [4.78, 5) is 20.2. The Hall–Kier alpha value is -2.74. The van der Waals surface area contributed by atoms with Gasteiger partial charge in [0.05, 0.1) is 9.85 Å². The van der Waals surface area contributed by atoms with E-state index >= 15 is 0 Å². The molecule has 0 unspecified atom stereocenters. The average Bonchev–Trinajstić information content (AvgIpc) is 2.37. The molecule has 7 nitrogen and oxygen atoms in total. The zero-order valence-corrected chi connectivity index (χ0v) is 10.9. The van der Waals surface area contributed by atoms with Crippen molar-refractivity contribution >= 4 is 23.0 Å². The standard InChI is InChI=1S/C12H6ClFN2O5/c13-8-2-1-3-10(12(8)16(19)20)21-11-6-7(14)4-5-9(11)15(17)18/h1-6H. The fourth-order valence-electron chi connectivity index (χ4n) is 1.59. The van der Waals surface area contributed by atoms with E-state index < -0.39 is 32.8 Å². The zero-order chi connectivity index (χ0) is 15.6. The van der Waals surface area contributed by atoms with Crippen LogP contribution in [-0.2, 0) is 0 Å². The van der Waals surface area contributed by atoms with Crippen molar-refractivity contribution in [2.45, 2.75) is 0 Å². The number of rotatable bonds is 4. The first-order valence-electron chi connectivity index (χ1n) is 5.45. The fraction of sp³-hybridized carbons (Fsp3) is 0.